The minimum absolute atomic E-state index is 0.727. The zero-order valence-corrected chi connectivity index (χ0v) is 37.9. The van der Waals surface area contributed by atoms with E-state index in [4.69, 9.17) is 9.15 Å². The van der Waals surface area contributed by atoms with E-state index >= 15 is 0 Å². The van der Waals surface area contributed by atoms with Crippen LogP contribution in [0.2, 0.25) is 0 Å². The molecule has 1 aromatic heterocycles. The van der Waals surface area contributed by atoms with Crippen molar-refractivity contribution >= 4 is 39.0 Å². The van der Waals surface area contributed by atoms with E-state index in [0.29, 0.717) is 0 Å². The van der Waals surface area contributed by atoms with Gasteiger partial charge in [0.15, 0.2) is 0 Å². The SMILES string of the molecule is c1ccc(-c2ccc(N(c3ccc4c(c3)-c3ccccc3-c3ccccc3O4)c3ccc4c(c3)C3(c5ccccc5-c5ccccc5-4)c4ccccc4-c4cc5c(cc43)oc3ccccc35)cc2)cc1. The first-order valence-electron chi connectivity index (χ1n) is 24.1. The van der Waals surface area contributed by atoms with Crippen LogP contribution in [0.5, 0.6) is 11.5 Å². The maximum Gasteiger partial charge on any atom is 0.135 e. The van der Waals surface area contributed by atoms with Crippen molar-refractivity contribution in [1.82, 2.24) is 0 Å². The number of benzene rings is 11. The van der Waals surface area contributed by atoms with Crippen molar-refractivity contribution in [3.63, 3.8) is 0 Å². The van der Waals surface area contributed by atoms with Crippen molar-refractivity contribution in [3.8, 4) is 78.3 Å². The van der Waals surface area contributed by atoms with Crippen LogP contribution in [0.15, 0.2) is 253 Å². The minimum Gasteiger partial charge on any atom is -0.456 e. The Kier molecular flexibility index (Phi) is 8.28. The summed E-state index contributed by atoms with van der Waals surface area (Å²) in [6.07, 6.45) is 0. The molecule has 0 saturated heterocycles. The summed E-state index contributed by atoms with van der Waals surface area (Å²) in [5, 5.41) is 2.25. The Bertz CT molecular complexity index is 4110. The fourth-order valence-electron chi connectivity index (χ4n) is 12.1. The molecule has 0 saturated carbocycles. The van der Waals surface area contributed by atoms with Gasteiger partial charge in [0.05, 0.1) is 5.41 Å². The number of furan rings is 1. The summed E-state index contributed by atoms with van der Waals surface area (Å²) >= 11 is 0. The molecule has 1 unspecified atom stereocenters. The number of hydrogen-bond acceptors (Lipinski definition) is 3. The first-order valence-corrected chi connectivity index (χ1v) is 24.1. The van der Waals surface area contributed by atoms with Gasteiger partial charge in [0.25, 0.3) is 0 Å². The molecular formula is C67H41NO2. The van der Waals surface area contributed by atoms with Crippen molar-refractivity contribution < 1.29 is 9.15 Å². The highest BCUT2D eigenvalue weighted by Gasteiger charge is 2.50. The molecule has 1 aliphatic heterocycles. The Morgan fingerprint density at radius 3 is 1.51 bits per heavy atom. The largest absolute Gasteiger partial charge is 0.456 e. The Morgan fingerprint density at radius 2 is 0.771 bits per heavy atom. The summed E-state index contributed by atoms with van der Waals surface area (Å²) in [6.45, 7) is 0. The lowest BCUT2D eigenvalue weighted by molar-refractivity contribution is 0.488. The van der Waals surface area contributed by atoms with Gasteiger partial charge in [-0.05, 0) is 145 Å². The number of anilines is 3. The third kappa shape index (κ3) is 5.52. The molecule has 0 amide bonds. The Hall–Kier alpha value is -9.18. The first kappa shape index (κ1) is 38.9. The van der Waals surface area contributed by atoms with Crippen molar-refractivity contribution in [3.05, 3.63) is 271 Å². The molecule has 11 aromatic carbocycles. The number of ether oxygens (including phenoxy) is 1. The third-order valence-electron chi connectivity index (χ3n) is 15.1. The second-order valence-corrected chi connectivity index (χ2v) is 18.7. The lowest BCUT2D eigenvalue weighted by atomic mass is 9.65. The molecule has 3 aliphatic rings. The molecule has 2 aliphatic carbocycles. The van der Waals surface area contributed by atoms with E-state index in [1.807, 2.05) is 6.07 Å². The normalized spacial score (nSPS) is 14.5. The van der Waals surface area contributed by atoms with E-state index < -0.39 is 5.41 Å². The summed E-state index contributed by atoms with van der Waals surface area (Å²) in [5.41, 5.74) is 23.2. The summed E-state index contributed by atoms with van der Waals surface area (Å²) in [7, 11) is 0. The molecule has 0 bridgehead atoms. The molecule has 3 heteroatoms. The Balaban J connectivity index is 1.03. The predicted octanol–water partition coefficient (Wildman–Crippen LogP) is 18.2. The fourth-order valence-corrected chi connectivity index (χ4v) is 12.1. The lowest BCUT2D eigenvalue weighted by Crippen LogP contribution is -2.29. The van der Waals surface area contributed by atoms with Crippen LogP contribution in [0.1, 0.15) is 22.3 Å². The van der Waals surface area contributed by atoms with E-state index in [2.05, 4.69) is 248 Å². The van der Waals surface area contributed by atoms with Gasteiger partial charge in [0.1, 0.15) is 22.7 Å². The van der Waals surface area contributed by atoms with Crippen LogP contribution in [-0.2, 0) is 5.41 Å². The fraction of sp³-hybridized carbons (Fsp3) is 0.0149. The molecule has 70 heavy (non-hydrogen) atoms. The second-order valence-electron chi connectivity index (χ2n) is 18.7. The van der Waals surface area contributed by atoms with E-state index in [-0.39, 0.29) is 0 Å². The average Bonchev–Trinajstić information content (AvgIpc) is 3.86. The highest BCUT2D eigenvalue weighted by atomic mass is 16.5. The maximum absolute atomic E-state index is 6.80. The molecule has 12 aromatic rings. The second kappa shape index (κ2) is 14.9. The molecule has 0 radical (unpaired) electrons. The number of nitrogens with zero attached hydrogens (tertiary/aromatic N) is 1. The smallest absolute Gasteiger partial charge is 0.135 e. The van der Waals surface area contributed by atoms with Crippen molar-refractivity contribution in [2.45, 2.75) is 5.41 Å². The quantitative estimate of drug-likeness (QED) is 0.176. The van der Waals surface area contributed by atoms with Gasteiger partial charge in [0.2, 0.25) is 0 Å². The van der Waals surface area contributed by atoms with Crippen LogP contribution in [0, 0.1) is 0 Å². The standard InChI is InChI=1S/C67H41NO2/c1-2-16-42(17-3-1)43-30-32-44(33-31-43)68(45-35-37-65-57(38-45)50-21-7-6-20-49(50)54-24-10-14-28-63(54)69-65)46-34-36-53-48-19-5-4-18-47(48)51-22-8-12-26-59(51)67(61(53)39-46)60-27-13-9-23-52(60)56-40-58-55-25-11-15-29-64(55)70-66(58)41-62(56)67/h1-41H. The van der Waals surface area contributed by atoms with Crippen molar-refractivity contribution in [1.29, 1.82) is 0 Å². The Morgan fingerprint density at radius 1 is 0.271 bits per heavy atom. The van der Waals surface area contributed by atoms with Gasteiger partial charge in [-0.15, -0.1) is 0 Å². The minimum atomic E-state index is -0.727. The van der Waals surface area contributed by atoms with Gasteiger partial charge in [0, 0.05) is 39.0 Å². The number of fused-ring (bicyclic) bond motifs is 20. The van der Waals surface area contributed by atoms with Crippen LogP contribution in [-0.4, -0.2) is 0 Å². The zero-order valence-electron chi connectivity index (χ0n) is 37.9. The molecule has 1 atom stereocenters. The maximum atomic E-state index is 6.80. The van der Waals surface area contributed by atoms with E-state index in [9.17, 15) is 0 Å². The van der Waals surface area contributed by atoms with Gasteiger partial charge >= 0.3 is 0 Å². The molecule has 0 fully saturated rings. The molecule has 0 N–H and O–H groups in total. The van der Waals surface area contributed by atoms with Crippen molar-refractivity contribution in [2.75, 3.05) is 4.90 Å². The summed E-state index contributed by atoms with van der Waals surface area (Å²) < 4.78 is 13.6. The van der Waals surface area contributed by atoms with Crippen LogP contribution < -0.4 is 9.64 Å². The van der Waals surface area contributed by atoms with Gasteiger partial charge < -0.3 is 14.1 Å². The van der Waals surface area contributed by atoms with Crippen molar-refractivity contribution in [2.24, 2.45) is 0 Å². The average molecular weight is 892 g/mol. The van der Waals surface area contributed by atoms with Crippen LogP contribution in [0.4, 0.5) is 17.1 Å². The van der Waals surface area contributed by atoms with E-state index in [1.165, 1.54) is 61.2 Å². The zero-order chi connectivity index (χ0) is 45.9. The van der Waals surface area contributed by atoms with Gasteiger partial charge in [-0.3, -0.25) is 0 Å². The van der Waals surface area contributed by atoms with Gasteiger partial charge in [-0.25, -0.2) is 0 Å². The lowest BCUT2D eigenvalue weighted by Gasteiger charge is -2.36. The topological polar surface area (TPSA) is 25.6 Å². The van der Waals surface area contributed by atoms with Gasteiger partial charge in [-0.1, -0.05) is 182 Å². The summed E-state index contributed by atoms with van der Waals surface area (Å²) in [5.74, 6) is 1.68. The molecule has 2 heterocycles. The number of hydrogen-bond donors (Lipinski definition) is 0. The van der Waals surface area contributed by atoms with Crippen LogP contribution in [0.25, 0.3) is 88.7 Å². The van der Waals surface area contributed by atoms with Crippen LogP contribution in [0.3, 0.4) is 0 Å². The van der Waals surface area contributed by atoms with Crippen LogP contribution >= 0.6 is 0 Å². The highest BCUT2D eigenvalue weighted by molar-refractivity contribution is 6.09. The molecule has 1 spiro atoms. The number of para-hydroxylation sites is 2. The monoisotopic (exact) mass is 891 g/mol. The molecule has 326 valence electrons. The van der Waals surface area contributed by atoms with E-state index in [1.54, 1.807) is 0 Å². The third-order valence-corrected chi connectivity index (χ3v) is 15.1. The Labute approximate surface area is 405 Å². The van der Waals surface area contributed by atoms with E-state index in [0.717, 1.165) is 78.3 Å². The molecule has 3 nitrogen and oxygen atoms in total. The predicted molar refractivity (Wildman–Crippen MR) is 287 cm³/mol. The summed E-state index contributed by atoms with van der Waals surface area (Å²) in [6, 6.07) is 90.8. The highest BCUT2D eigenvalue weighted by Crippen LogP contribution is 2.63. The number of rotatable bonds is 4. The summed E-state index contributed by atoms with van der Waals surface area (Å²) in [4.78, 5) is 2.43. The van der Waals surface area contributed by atoms with Gasteiger partial charge in [-0.2, -0.15) is 0 Å². The first-order chi connectivity index (χ1) is 34.7. The molecule has 15 rings (SSSR count). The molecular weight excluding hydrogens is 851 g/mol.